The first-order chi connectivity index (χ1) is 13.5. The number of rotatable bonds is 9. The number of methoxy groups -OCH3 is 1. The Labute approximate surface area is 170 Å². The second kappa shape index (κ2) is 11.2. The van der Waals surface area contributed by atoms with Crippen LogP contribution in [-0.2, 0) is 4.79 Å². The monoisotopic (exact) mass is 402 g/mol. The minimum atomic E-state index is -0.423. The Hall–Kier alpha value is -2.67. The number of thioether (sulfide) groups is 1. The van der Waals surface area contributed by atoms with E-state index in [-0.39, 0.29) is 11.7 Å². The van der Waals surface area contributed by atoms with E-state index >= 15 is 0 Å². The van der Waals surface area contributed by atoms with Gasteiger partial charge in [-0.3, -0.25) is 20.4 Å². The van der Waals surface area contributed by atoms with Crippen molar-refractivity contribution in [3.63, 3.8) is 0 Å². The molecule has 0 bridgehead atoms. The Morgan fingerprint density at radius 2 is 1.86 bits per heavy atom. The molecule has 2 aromatic rings. The molecule has 150 valence electrons. The number of nitrogens with one attached hydrogen (secondary N) is 2. The Morgan fingerprint density at radius 3 is 2.57 bits per heavy atom. The number of unbranched alkanes of at least 4 members (excludes halogenated alkanes) is 1. The Bertz CT molecular complexity index is 811. The Kier molecular flexibility index (Phi) is 8.68. The second-order valence-corrected chi connectivity index (χ2v) is 7.14. The number of carbonyl (C=O) groups excluding carboxylic acids is 2. The lowest BCUT2D eigenvalue weighted by Gasteiger charge is -2.12. The van der Waals surface area contributed by atoms with Crippen molar-refractivity contribution >= 4 is 23.6 Å². The van der Waals surface area contributed by atoms with Crippen molar-refractivity contribution in [3.05, 3.63) is 53.6 Å². The van der Waals surface area contributed by atoms with Gasteiger partial charge in [-0.2, -0.15) is 0 Å². The van der Waals surface area contributed by atoms with E-state index in [1.54, 1.807) is 18.2 Å². The quantitative estimate of drug-likeness (QED) is 0.380. The van der Waals surface area contributed by atoms with Crippen LogP contribution in [0.1, 0.15) is 35.7 Å². The summed E-state index contributed by atoms with van der Waals surface area (Å²) in [6.07, 6.45) is 1.97. The molecule has 0 aliphatic heterocycles. The number of hydrogen-bond acceptors (Lipinski definition) is 5. The molecule has 0 heterocycles. The SMILES string of the molecule is CCCCOc1ccc(C(=O)NNC(=O)CSc2ccccc2C)cc1OC. The van der Waals surface area contributed by atoms with E-state index in [2.05, 4.69) is 17.8 Å². The van der Waals surface area contributed by atoms with Crippen LogP contribution in [0.25, 0.3) is 0 Å². The van der Waals surface area contributed by atoms with Gasteiger partial charge in [0.15, 0.2) is 11.5 Å². The summed E-state index contributed by atoms with van der Waals surface area (Å²) in [5.74, 6) is 0.565. The minimum Gasteiger partial charge on any atom is -0.493 e. The zero-order valence-corrected chi connectivity index (χ0v) is 17.2. The zero-order chi connectivity index (χ0) is 20.4. The van der Waals surface area contributed by atoms with Crippen LogP contribution in [-0.4, -0.2) is 31.3 Å². The summed E-state index contributed by atoms with van der Waals surface area (Å²) >= 11 is 1.42. The third-order valence-electron chi connectivity index (χ3n) is 3.95. The molecule has 0 aliphatic carbocycles. The predicted molar refractivity (Wildman–Crippen MR) is 111 cm³/mol. The van der Waals surface area contributed by atoms with Crippen molar-refractivity contribution < 1.29 is 19.1 Å². The van der Waals surface area contributed by atoms with Crippen molar-refractivity contribution in [3.8, 4) is 11.5 Å². The van der Waals surface area contributed by atoms with E-state index in [1.807, 2.05) is 31.2 Å². The summed E-state index contributed by atoms with van der Waals surface area (Å²) in [4.78, 5) is 25.3. The maximum absolute atomic E-state index is 12.3. The Morgan fingerprint density at radius 1 is 1.07 bits per heavy atom. The van der Waals surface area contributed by atoms with Crippen LogP contribution in [0.15, 0.2) is 47.4 Å². The van der Waals surface area contributed by atoms with E-state index in [9.17, 15) is 9.59 Å². The summed E-state index contributed by atoms with van der Waals surface area (Å²) in [5.41, 5.74) is 6.33. The first-order valence-electron chi connectivity index (χ1n) is 9.13. The number of carbonyl (C=O) groups is 2. The lowest BCUT2D eigenvalue weighted by molar-refractivity contribution is -0.119. The molecular formula is C21H26N2O4S. The van der Waals surface area contributed by atoms with E-state index in [1.165, 1.54) is 18.9 Å². The lowest BCUT2D eigenvalue weighted by atomic mass is 10.2. The molecule has 28 heavy (non-hydrogen) atoms. The molecule has 0 saturated heterocycles. The van der Waals surface area contributed by atoms with Gasteiger partial charge in [-0.1, -0.05) is 31.5 Å². The van der Waals surface area contributed by atoms with E-state index in [0.717, 1.165) is 23.3 Å². The van der Waals surface area contributed by atoms with Crippen LogP contribution in [0.3, 0.4) is 0 Å². The number of ether oxygens (including phenoxy) is 2. The molecule has 0 saturated carbocycles. The van der Waals surface area contributed by atoms with E-state index in [0.29, 0.717) is 23.7 Å². The molecule has 6 nitrogen and oxygen atoms in total. The molecule has 0 unspecified atom stereocenters. The van der Waals surface area contributed by atoms with Gasteiger partial charge in [0.2, 0.25) is 5.91 Å². The van der Waals surface area contributed by atoms with Gasteiger partial charge >= 0.3 is 0 Å². The smallest absolute Gasteiger partial charge is 0.269 e. The maximum Gasteiger partial charge on any atom is 0.269 e. The highest BCUT2D eigenvalue weighted by molar-refractivity contribution is 8.00. The number of amides is 2. The first kappa shape index (κ1) is 21.6. The molecule has 2 amide bonds. The maximum atomic E-state index is 12.3. The van der Waals surface area contributed by atoms with Crippen LogP contribution in [0.4, 0.5) is 0 Å². The molecule has 0 aliphatic rings. The molecule has 7 heteroatoms. The summed E-state index contributed by atoms with van der Waals surface area (Å²) in [5, 5.41) is 0. The number of aryl methyl sites for hydroxylation is 1. The van der Waals surface area contributed by atoms with Gasteiger partial charge < -0.3 is 9.47 Å². The standard InChI is InChI=1S/C21H26N2O4S/c1-4-5-12-27-17-11-10-16(13-18(17)26-3)21(25)23-22-20(24)14-28-19-9-7-6-8-15(19)2/h6-11,13H,4-5,12,14H2,1-3H3,(H,22,24)(H,23,25). The van der Waals surface area contributed by atoms with Gasteiger partial charge in [-0.25, -0.2) is 0 Å². The summed E-state index contributed by atoms with van der Waals surface area (Å²) in [7, 11) is 1.52. The van der Waals surface area contributed by atoms with Crippen molar-refractivity contribution in [1.82, 2.24) is 10.9 Å². The van der Waals surface area contributed by atoms with Gasteiger partial charge in [0, 0.05) is 10.5 Å². The van der Waals surface area contributed by atoms with Gasteiger partial charge in [0.05, 0.1) is 19.5 Å². The van der Waals surface area contributed by atoms with Gasteiger partial charge in [0.1, 0.15) is 0 Å². The lowest BCUT2D eigenvalue weighted by Crippen LogP contribution is -2.42. The average Bonchev–Trinajstić information content (AvgIpc) is 2.71. The Balaban J connectivity index is 1.86. The van der Waals surface area contributed by atoms with Gasteiger partial charge in [0.25, 0.3) is 5.91 Å². The number of benzene rings is 2. The molecule has 0 aromatic heterocycles. The minimum absolute atomic E-state index is 0.207. The fraction of sp³-hybridized carbons (Fsp3) is 0.333. The summed E-state index contributed by atoms with van der Waals surface area (Å²) in [6.45, 7) is 4.67. The van der Waals surface area contributed by atoms with Gasteiger partial charge in [-0.05, 0) is 43.2 Å². The number of hydrazine groups is 1. The van der Waals surface area contributed by atoms with Crippen molar-refractivity contribution in [2.75, 3.05) is 19.5 Å². The third kappa shape index (κ3) is 6.49. The second-order valence-electron chi connectivity index (χ2n) is 6.12. The zero-order valence-electron chi connectivity index (χ0n) is 16.4. The van der Waals surface area contributed by atoms with Gasteiger partial charge in [-0.15, -0.1) is 11.8 Å². The third-order valence-corrected chi connectivity index (χ3v) is 5.12. The van der Waals surface area contributed by atoms with Crippen LogP contribution >= 0.6 is 11.8 Å². The fourth-order valence-corrected chi connectivity index (χ4v) is 3.18. The molecule has 2 aromatic carbocycles. The van der Waals surface area contributed by atoms with Crippen LogP contribution < -0.4 is 20.3 Å². The highest BCUT2D eigenvalue weighted by Crippen LogP contribution is 2.28. The van der Waals surface area contributed by atoms with E-state index in [4.69, 9.17) is 9.47 Å². The van der Waals surface area contributed by atoms with Crippen molar-refractivity contribution in [2.45, 2.75) is 31.6 Å². The largest absolute Gasteiger partial charge is 0.493 e. The fourth-order valence-electron chi connectivity index (χ4n) is 2.35. The van der Waals surface area contributed by atoms with Crippen LogP contribution in [0, 0.1) is 6.92 Å². The topological polar surface area (TPSA) is 76.7 Å². The molecule has 0 atom stereocenters. The van der Waals surface area contributed by atoms with Crippen molar-refractivity contribution in [2.24, 2.45) is 0 Å². The van der Waals surface area contributed by atoms with E-state index < -0.39 is 5.91 Å². The molecular weight excluding hydrogens is 376 g/mol. The highest BCUT2D eigenvalue weighted by Gasteiger charge is 2.12. The highest BCUT2D eigenvalue weighted by atomic mass is 32.2. The molecule has 0 fully saturated rings. The molecule has 2 rings (SSSR count). The first-order valence-corrected chi connectivity index (χ1v) is 10.1. The molecule has 0 radical (unpaired) electrons. The summed E-state index contributed by atoms with van der Waals surface area (Å²) in [6, 6.07) is 12.7. The van der Waals surface area contributed by atoms with Crippen LogP contribution in [0.2, 0.25) is 0 Å². The van der Waals surface area contributed by atoms with Crippen LogP contribution in [0.5, 0.6) is 11.5 Å². The summed E-state index contributed by atoms with van der Waals surface area (Å²) < 4.78 is 11.0. The van der Waals surface area contributed by atoms with Crippen molar-refractivity contribution in [1.29, 1.82) is 0 Å². The normalized spacial score (nSPS) is 10.2. The molecule has 2 N–H and O–H groups in total. The predicted octanol–water partition coefficient (Wildman–Crippen LogP) is 3.74. The average molecular weight is 403 g/mol. The number of hydrogen-bond donors (Lipinski definition) is 2. The molecule has 0 spiro atoms.